The first-order valence-corrected chi connectivity index (χ1v) is 8.22. The van der Waals surface area contributed by atoms with E-state index in [2.05, 4.69) is 24.1 Å². The molecule has 1 heterocycles. The Morgan fingerprint density at radius 3 is 2.78 bits per heavy atom. The van der Waals surface area contributed by atoms with E-state index < -0.39 is 0 Å². The lowest BCUT2D eigenvalue weighted by Gasteiger charge is -2.31. The molecule has 2 nitrogen and oxygen atoms in total. The van der Waals surface area contributed by atoms with Gasteiger partial charge in [0.1, 0.15) is 0 Å². The second kappa shape index (κ2) is 7.49. The zero-order valence-corrected chi connectivity index (χ0v) is 12.5. The minimum atomic E-state index is 0.784. The average molecular weight is 252 g/mol. The summed E-state index contributed by atoms with van der Waals surface area (Å²) in [5.74, 6) is 1.84. The second-order valence-corrected chi connectivity index (χ2v) is 6.74. The lowest BCUT2D eigenvalue weighted by Crippen LogP contribution is -2.35. The smallest absolute Gasteiger partial charge is 0.0124 e. The molecule has 0 radical (unpaired) electrons. The van der Waals surface area contributed by atoms with Gasteiger partial charge in [-0.05, 0) is 70.1 Å². The fourth-order valence-corrected chi connectivity index (χ4v) is 3.74. The molecule has 0 aromatic heterocycles. The Kier molecular flexibility index (Phi) is 5.97. The van der Waals surface area contributed by atoms with E-state index in [1.807, 2.05) is 0 Å². The first-order chi connectivity index (χ1) is 8.77. The van der Waals surface area contributed by atoms with E-state index in [-0.39, 0.29) is 0 Å². The molecule has 106 valence electrons. The quantitative estimate of drug-likeness (QED) is 0.700. The molecule has 2 atom stereocenters. The van der Waals surface area contributed by atoms with Gasteiger partial charge in [-0.25, -0.2) is 0 Å². The van der Waals surface area contributed by atoms with Crippen molar-refractivity contribution in [3.8, 4) is 0 Å². The van der Waals surface area contributed by atoms with Crippen molar-refractivity contribution in [2.45, 2.75) is 64.8 Å². The monoisotopic (exact) mass is 252 g/mol. The molecule has 18 heavy (non-hydrogen) atoms. The highest BCUT2D eigenvalue weighted by atomic mass is 15.2. The van der Waals surface area contributed by atoms with Crippen LogP contribution in [0, 0.1) is 11.8 Å². The van der Waals surface area contributed by atoms with Gasteiger partial charge in [-0.3, -0.25) is 0 Å². The van der Waals surface area contributed by atoms with Crippen LogP contribution < -0.4 is 5.32 Å². The van der Waals surface area contributed by atoms with Crippen molar-refractivity contribution in [3.63, 3.8) is 0 Å². The zero-order valence-electron chi connectivity index (χ0n) is 12.5. The van der Waals surface area contributed by atoms with Crippen LogP contribution in [0.25, 0.3) is 0 Å². The van der Waals surface area contributed by atoms with Crippen LogP contribution in [-0.2, 0) is 0 Å². The summed E-state index contributed by atoms with van der Waals surface area (Å²) in [6, 6.07) is 0.961. The Morgan fingerprint density at radius 2 is 1.94 bits per heavy atom. The van der Waals surface area contributed by atoms with Crippen molar-refractivity contribution in [2.75, 3.05) is 26.2 Å². The van der Waals surface area contributed by atoms with Gasteiger partial charge in [0.15, 0.2) is 0 Å². The number of nitrogens with one attached hydrogen (secondary N) is 1. The largest absolute Gasteiger partial charge is 0.316 e. The lowest BCUT2D eigenvalue weighted by molar-refractivity contribution is 0.180. The molecule has 2 rings (SSSR count). The third-order valence-corrected chi connectivity index (χ3v) is 4.73. The SMILES string of the molecule is CC(C)CNCCCCN1CCC2CCCCC21. The Bertz CT molecular complexity index is 227. The van der Waals surface area contributed by atoms with Crippen LogP contribution in [0.3, 0.4) is 0 Å². The number of nitrogens with zero attached hydrogens (tertiary/aromatic N) is 1. The van der Waals surface area contributed by atoms with E-state index in [0.29, 0.717) is 0 Å². The maximum absolute atomic E-state index is 3.55. The van der Waals surface area contributed by atoms with E-state index in [9.17, 15) is 0 Å². The molecule has 0 aromatic rings. The van der Waals surface area contributed by atoms with Gasteiger partial charge in [0, 0.05) is 6.04 Å². The van der Waals surface area contributed by atoms with Gasteiger partial charge >= 0.3 is 0 Å². The van der Waals surface area contributed by atoms with Crippen LogP contribution in [0.5, 0.6) is 0 Å². The zero-order chi connectivity index (χ0) is 12.8. The van der Waals surface area contributed by atoms with Crippen molar-refractivity contribution in [1.29, 1.82) is 0 Å². The van der Waals surface area contributed by atoms with Gasteiger partial charge in [-0.1, -0.05) is 26.7 Å². The molecule has 0 bridgehead atoms. The Labute approximate surface area is 114 Å². The molecule has 2 heteroatoms. The summed E-state index contributed by atoms with van der Waals surface area (Å²) in [5.41, 5.74) is 0. The molecule has 1 aliphatic heterocycles. The minimum Gasteiger partial charge on any atom is -0.316 e. The molecule has 1 aliphatic carbocycles. The van der Waals surface area contributed by atoms with Crippen LogP contribution in [0.2, 0.25) is 0 Å². The summed E-state index contributed by atoms with van der Waals surface area (Å²) in [6.07, 6.45) is 10.2. The van der Waals surface area contributed by atoms with Crippen LogP contribution in [0.4, 0.5) is 0 Å². The van der Waals surface area contributed by atoms with Crippen molar-refractivity contribution >= 4 is 0 Å². The summed E-state index contributed by atoms with van der Waals surface area (Å²) in [5, 5.41) is 3.55. The van der Waals surface area contributed by atoms with Crippen LogP contribution in [0.15, 0.2) is 0 Å². The fraction of sp³-hybridized carbons (Fsp3) is 1.00. The van der Waals surface area contributed by atoms with E-state index >= 15 is 0 Å². The van der Waals surface area contributed by atoms with Crippen molar-refractivity contribution < 1.29 is 0 Å². The molecular formula is C16H32N2. The highest BCUT2D eigenvalue weighted by Crippen LogP contribution is 2.35. The predicted molar refractivity (Wildman–Crippen MR) is 78.9 cm³/mol. The van der Waals surface area contributed by atoms with Crippen LogP contribution >= 0.6 is 0 Å². The lowest BCUT2D eigenvalue weighted by atomic mass is 9.85. The Morgan fingerprint density at radius 1 is 1.11 bits per heavy atom. The minimum absolute atomic E-state index is 0.784. The van der Waals surface area contributed by atoms with Crippen molar-refractivity contribution in [1.82, 2.24) is 10.2 Å². The van der Waals surface area contributed by atoms with Crippen molar-refractivity contribution in [2.24, 2.45) is 11.8 Å². The maximum Gasteiger partial charge on any atom is 0.0124 e. The Hall–Kier alpha value is -0.0800. The highest BCUT2D eigenvalue weighted by Gasteiger charge is 2.34. The number of fused-ring (bicyclic) bond motifs is 1. The molecule has 1 saturated carbocycles. The average Bonchev–Trinajstić information content (AvgIpc) is 2.77. The normalized spacial score (nSPS) is 28.8. The molecule has 0 amide bonds. The third kappa shape index (κ3) is 4.24. The van der Waals surface area contributed by atoms with Gasteiger partial charge < -0.3 is 10.2 Å². The van der Waals surface area contributed by atoms with E-state index in [4.69, 9.17) is 0 Å². The molecule has 1 N–H and O–H groups in total. The number of hydrogen-bond donors (Lipinski definition) is 1. The second-order valence-electron chi connectivity index (χ2n) is 6.74. The summed E-state index contributed by atoms with van der Waals surface area (Å²) in [4.78, 5) is 2.80. The molecule has 1 saturated heterocycles. The van der Waals surface area contributed by atoms with E-state index in [1.165, 1.54) is 71.1 Å². The number of unbranched alkanes of at least 4 members (excludes halogenated alkanes) is 1. The van der Waals surface area contributed by atoms with E-state index in [1.54, 1.807) is 0 Å². The molecular weight excluding hydrogens is 220 g/mol. The summed E-state index contributed by atoms with van der Waals surface area (Å²) in [7, 11) is 0. The van der Waals surface area contributed by atoms with Gasteiger partial charge in [-0.15, -0.1) is 0 Å². The molecule has 0 spiro atoms. The van der Waals surface area contributed by atoms with Crippen LogP contribution in [0.1, 0.15) is 58.8 Å². The number of likely N-dealkylation sites (tertiary alicyclic amines) is 1. The van der Waals surface area contributed by atoms with Gasteiger partial charge in [0.05, 0.1) is 0 Å². The number of hydrogen-bond acceptors (Lipinski definition) is 2. The predicted octanol–water partition coefficient (Wildman–Crippen LogP) is 3.28. The van der Waals surface area contributed by atoms with Gasteiger partial charge in [0.2, 0.25) is 0 Å². The standard InChI is InChI=1S/C16H32N2/c1-14(2)13-17-10-5-6-11-18-12-9-15-7-3-4-8-16(15)18/h14-17H,3-13H2,1-2H3. The summed E-state index contributed by atoms with van der Waals surface area (Å²) in [6.45, 7) is 9.68. The summed E-state index contributed by atoms with van der Waals surface area (Å²) >= 11 is 0. The first-order valence-electron chi connectivity index (χ1n) is 8.22. The van der Waals surface area contributed by atoms with Crippen molar-refractivity contribution in [3.05, 3.63) is 0 Å². The fourth-order valence-electron chi connectivity index (χ4n) is 3.74. The third-order valence-electron chi connectivity index (χ3n) is 4.73. The van der Waals surface area contributed by atoms with Gasteiger partial charge in [0.25, 0.3) is 0 Å². The molecule has 0 aromatic carbocycles. The van der Waals surface area contributed by atoms with Gasteiger partial charge in [-0.2, -0.15) is 0 Å². The molecule has 2 fully saturated rings. The van der Waals surface area contributed by atoms with E-state index in [0.717, 1.165) is 17.9 Å². The highest BCUT2D eigenvalue weighted by molar-refractivity contribution is 4.89. The molecule has 2 unspecified atom stereocenters. The topological polar surface area (TPSA) is 15.3 Å². The van der Waals surface area contributed by atoms with Crippen LogP contribution in [-0.4, -0.2) is 37.1 Å². The number of rotatable bonds is 7. The summed E-state index contributed by atoms with van der Waals surface area (Å²) < 4.78 is 0. The Balaban J connectivity index is 1.54. The maximum atomic E-state index is 3.55. The first kappa shape index (κ1) is 14.3. The molecule has 2 aliphatic rings.